The van der Waals surface area contributed by atoms with Crippen molar-refractivity contribution in [2.24, 2.45) is 17.8 Å². The summed E-state index contributed by atoms with van der Waals surface area (Å²) in [6.45, 7) is 21.2. The minimum Gasteiger partial charge on any atom is -0.0967 e. The van der Waals surface area contributed by atoms with Crippen molar-refractivity contribution < 1.29 is 0 Å². The third kappa shape index (κ3) is 17.1. The average molecular weight is 312 g/mol. The lowest BCUT2D eigenvalue weighted by Gasteiger charge is -2.17. The molecule has 0 amide bonds. The SMILES string of the molecule is CC(C)[CH2][Al]([CH2]C(C)C)[CH2]C(C)C.C[CH2][Al]([CH2]C)[CH2]C. The Bertz CT molecular complexity index is 155. The Balaban J connectivity index is 0. The van der Waals surface area contributed by atoms with Crippen LogP contribution in [0, 0.1) is 17.8 Å². The first-order valence-corrected chi connectivity index (χ1v) is 14.2. The van der Waals surface area contributed by atoms with Gasteiger partial charge in [0, 0.05) is 0 Å². The van der Waals surface area contributed by atoms with E-state index in [2.05, 4.69) is 62.3 Å². The van der Waals surface area contributed by atoms with Crippen molar-refractivity contribution in [3.63, 3.8) is 0 Å². The van der Waals surface area contributed by atoms with Gasteiger partial charge in [-0.3, -0.25) is 0 Å². The van der Waals surface area contributed by atoms with Gasteiger partial charge in [-0.15, -0.1) is 0 Å². The predicted octanol–water partition coefficient (Wildman–Crippen LogP) is 6.99. The molecule has 0 aromatic rings. The fourth-order valence-corrected chi connectivity index (χ4v) is 9.46. The third-order valence-corrected chi connectivity index (χ3v) is 12.4. The van der Waals surface area contributed by atoms with Crippen molar-refractivity contribution >= 4 is 28.3 Å². The van der Waals surface area contributed by atoms with E-state index in [0.717, 1.165) is 17.8 Å². The second-order valence-electron chi connectivity index (χ2n) is 7.85. The smallest absolute Gasteiger partial charge is 0.0967 e. The van der Waals surface area contributed by atoms with Crippen molar-refractivity contribution in [3.05, 3.63) is 0 Å². The van der Waals surface area contributed by atoms with Crippen LogP contribution in [-0.2, 0) is 0 Å². The molecule has 0 radical (unpaired) electrons. The molecule has 0 heterocycles. The van der Waals surface area contributed by atoms with E-state index in [1.54, 1.807) is 15.8 Å². The molecule has 0 N–H and O–H groups in total. The minimum absolute atomic E-state index is 0.171. The summed E-state index contributed by atoms with van der Waals surface area (Å²) in [5, 5.41) is 9.14. The summed E-state index contributed by atoms with van der Waals surface area (Å²) in [6.07, 6.45) is 0. The highest BCUT2D eigenvalue weighted by Gasteiger charge is 2.20. The van der Waals surface area contributed by atoms with E-state index in [-0.39, 0.29) is 14.1 Å². The van der Waals surface area contributed by atoms with Gasteiger partial charge in [0.25, 0.3) is 28.3 Å². The van der Waals surface area contributed by atoms with Gasteiger partial charge in [-0.2, -0.15) is 0 Å². The molecule has 120 valence electrons. The molecular formula is C18H42Al2. The minimum atomic E-state index is -0.407. The van der Waals surface area contributed by atoms with Gasteiger partial charge >= 0.3 is 0 Å². The van der Waals surface area contributed by atoms with Gasteiger partial charge in [0.1, 0.15) is 0 Å². The van der Waals surface area contributed by atoms with E-state index in [0.29, 0.717) is 0 Å². The zero-order chi connectivity index (χ0) is 16.1. The van der Waals surface area contributed by atoms with Gasteiger partial charge in [-0.05, 0) is 0 Å². The fourth-order valence-electron chi connectivity index (χ4n) is 3.15. The molecule has 20 heavy (non-hydrogen) atoms. The highest BCUT2D eigenvalue weighted by Crippen LogP contribution is 2.21. The zero-order valence-corrected chi connectivity index (χ0v) is 18.4. The van der Waals surface area contributed by atoms with Gasteiger partial charge in [-0.1, -0.05) is 112 Å². The van der Waals surface area contributed by atoms with Gasteiger partial charge in [-0.25, -0.2) is 0 Å². The molecule has 0 aliphatic rings. The van der Waals surface area contributed by atoms with E-state index in [1.807, 2.05) is 0 Å². The van der Waals surface area contributed by atoms with Gasteiger partial charge in [0.05, 0.1) is 0 Å². The quantitative estimate of drug-likeness (QED) is 0.402. The molecule has 0 rings (SSSR count). The van der Waals surface area contributed by atoms with Crippen LogP contribution in [0.25, 0.3) is 0 Å². The average Bonchev–Trinajstić information content (AvgIpc) is 2.29. The Morgan fingerprint density at radius 2 is 0.750 bits per heavy atom. The van der Waals surface area contributed by atoms with Crippen LogP contribution in [0.2, 0.25) is 31.7 Å². The van der Waals surface area contributed by atoms with Crippen molar-refractivity contribution in [1.82, 2.24) is 0 Å². The van der Waals surface area contributed by atoms with E-state index in [4.69, 9.17) is 0 Å². The lowest BCUT2D eigenvalue weighted by molar-refractivity contribution is 0.659. The normalized spacial score (nSPS) is 10.8. The van der Waals surface area contributed by atoms with Crippen molar-refractivity contribution in [2.75, 3.05) is 0 Å². The molecule has 0 aliphatic heterocycles. The highest BCUT2D eigenvalue weighted by molar-refractivity contribution is 6.59. The van der Waals surface area contributed by atoms with Crippen LogP contribution in [0.3, 0.4) is 0 Å². The highest BCUT2D eigenvalue weighted by atomic mass is 27.2. The first-order valence-electron chi connectivity index (χ1n) is 9.26. The summed E-state index contributed by atoms with van der Waals surface area (Å²) in [4.78, 5) is 0. The number of rotatable bonds is 9. The Morgan fingerprint density at radius 3 is 0.850 bits per heavy atom. The van der Waals surface area contributed by atoms with E-state index in [9.17, 15) is 0 Å². The maximum Gasteiger partial charge on any atom is 0.262 e. The number of hydrogen-bond acceptors (Lipinski definition) is 0. The van der Waals surface area contributed by atoms with Gasteiger partial charge < -0.3 is 0 Å². The molecule has 0 nitrogen and oxygen atoms in total. The second kappa shape index (κ2) is 15.0. The Morgan fingerprint density at radius 1 is 0.500 bits per heavy atom. The van der Waals surface area contributed by atoms with Crippen LogP contribution in [0.4, 0.5) is 0 Å². The lowest BCUT2D eigenvalue weighted by atomic mass is 10.2. The van der Waals surface area contributed by atoms with Crippen LogP contribution in [0.1, 0.15) is 62.3 Å². The van der Waals surface area contributed by atoms with Crippen LogP contribution in [0.5, 0.6) is 0 Å². The van der Waals surface area contributed by atoms with E-state index in [1.165, 1.54) is 15.8 Å². The van der Waals surface area contributed by atoms with E-state index < -0.39 is 14.1 Å². The maximum absolute atomic E-state index is 2.38. The molecule has 0 aromatic heterocycles. The van der Waals surface area contributed by atoms with Gasteiger partial charge in [0.2, 0.25) is 0 Å². The number of hydrogen-bond donors (Lipinski definition) is 0. The summed E-state index contributed by atoms with van der Waals surface area (Å²) in [7, 11) is 0. The van der Waals surface area contributed by atoms with Crippen LogP contribution < -0.4 is 0 Å². The largest absolute Gasteiger partial charge is 0.262 e. The van der Waals surface area contributed by atoms with Gasteiger partial charge in [0.15, 0.2) is 0 Å². The van der Waals surface area contributed by atoms with E-state index >= 15 is 0 Å². The summed E-state index contributed by atoms with van der Waals surface area (Å²) in [6, 6.07) is 0. The molecule has 0 saturated heterocycles. The second-order valence-corrected chi connectivity index (χ2v) is 15.2. The molecule has 0 aromatic carbocycles. The first kappa shape index (κ1) is 23.3. The van der Waals surface area contributed by atoms with Crippen molar-refractivity contribution in [1.29, 1.82) is 0 Å². The molecule has 0 atom stereocenters. The van der Waals surface area contributed by atoms with Crippen LogP contribution in [0.15, 0.2) is 0 Å². The van der Waals surface area contributed by atoms with Crippen LogP contribution >= 0.6 is 0 Å². The maximum atomic E-state index is 2.38. The Labute approximate surface area is 139 Å². The summed E-state index contributed by atoms with van der Waals surface area (Å²) in [5.41, 5.74) is 0. The van der Waals surface area contributed by atoms with Crippen molar-refractivity contribution in [2.45, 2.75) is 94.0 Å². The summed E-state index contributed by atoms with van der Waals surface area (Å²) < 4.78 is 0. The Kier molecular flexibility index (Phi) is 17.5. The zero-order valence-electron chi connectivity index (χ0n) is 16.1. The molecule has 0 unspecified atom stereocenters. The van der Waals surface area contributed by atoms with Crippen LogP contribution in [-0.4, -0.2) is 28.3 Å². The topological polar surface area (TPSA) is 0 Å². The molecule has 2 heteroatoms. The predicted molar refractivity (Wildman–Crippen MR) is 102 cm³/mol. The third-order valence-electron chi connectivity index (χ3n) is 4.15. The van der Waals surface area contributed by atoms with Crippen molar-refractivity contribution in [3.8, 4) is 0 Å². The molecule has 0 spiro atoms. The summed E-state index contributed by atoms with van der Waals surface area (Å²) in [5.74, 6) is 2.78. The molecule has 0 fully saturated rings. The lowest BCUT2D eigenvalue weighted by Crippen LogP contribution is -2.19. The molecular weight excluding hydrogens is 270 g/mol. The molecule has 0 bridgehead atoms. The summed E-state index contributed by atoms with van der Waals surface area (Å²) >= 11 is -0.579. The first-order chi connectivity index (χ1) is 9.26. The molecule has 0 aliphatic carbocycles. The standard InChI is InChI=1S/3C4H9.3C2H5.2Al/c3*1-4(2)3;3*1-2;;/h3*4H,1H2,2-3H3;3*1H2,2H3;;. The molecule has 0 saturated carbocycles. The fraction of sp³-hybridized carbons (Fsp3) is 1.00. The monoisotopic (exact) mass is 312 g/mol. The Hall–Kier alpha value is 1.06.